The Balaban J connectivity index is 3.52. The van der Waals surface area contributed by atoms with E-state index in [2.05, 4.69) is 16.2 Å². The van der Waals surface area contributed by atoms with Crippen LogP contribution in [0.15, 0.2) is 0 Å². The zero-order valence-electron chi connectivity index (χ0n) is 11.5. The molecule has 7 nitrogen and oxygen atoms in total. The SMILES string of the molecule is CC(O)NNC(O)CCCNC(=O)OC(C)(C)C. The van der Waals surface area contributed by atoms with E-state index < -0.39 is 24.2 Å². The lowest BCUT2D eigenvalue weighted by molar-refractivity contribution is 0.0502. The van der Waals surface area contributed by atoms with Gasteiger partial charge in [-0.2, -0.15) is 0 Å². The minimum absolute atomic E-state index is 0.419. The van der Waals surface area contributed by atoms with Gasteiger partial charge in [0.15, 0.2) is 0 Å². The van der Waals surface area contributed by atoms with Gasteiger partial charge in [0, 0.05) is 6.54 Å². The van der Waals surface area contributed by atoms with Gasteiger partial charge >= 0.3 is 6.09 Å². The van der Waals surface area contributed by atoms with Crippen LogP contribution in [0, 0.1) is 0 Å². The first-order valence-corrected chi connectivity index (χ1v) is 6.05. The zero-order valence-corrected chi connectivity index (χ0v) is 11.5. The fourth-order valence-corrected chi connectivity index (χ4v) is 1.09. The van der Waals surface area contributed by atoms with E-state index in [4.69, 9.17) is 9.84 Å². The summed E-state index contributed by atoms with van der Waals surface area (Å²) in [6.45, 7) is 7.33. The van der Waals surface area contributed by atoms with E-state index in [-0.39, 0.29) is 0 Å². The van der Waals surface area contributed by atoms with Crippen molar-refractivity contribution in [1.29, 1.82) is 0 Å². The summed E-state index contributed by atoms with van der Waals surface area (Å²) in [5.74, 6) is 0. The van der Waals surface area contributed by atoms with E-state index in [0.717, 1.165) is 0 Å². The largest absolute Gasteiger partial charge is 0.444 e. The van der Waals surface area contributed by atoms with Crippen LogP contribution in [-0.2, 0) is 4.74 Å². The maximum absolute atomic E-state index is 11.3. The third kappa shape index (κ3) is 11.6. The van der Waals surface area contributed by atoms with Gasteiger partial charge in [-0.15, -0.1) is 0 Å². The van der Waals surface area contributed by atoms with E-state index in [0.29, 0.717) is 19.4 Å². The highest BCUT2D eigenvalue weighted by Crippen LogP contribution is 2.06. The van der Waals surface area contributed by atoms with Gasteiger partial charge in [-0.25, -0.2) is 15.6 Å². The summed E-state index contributed by atoms with van der Waals surface area (Å²) < 4.78 is 5.05. The molecule has 7 heteroatoms. The second kappa shape index (κ2) is 8.25. The maximum Gasteiger partial charge on any atom is 0.407 e. The number of hydrogen-bond donors (Lipinski definition) is 5. The molecule has 0 fully saturated rings. The molecule has 0 aromatic rings. The number of ether oxygens (including phenoxy) is 1. The first-order chi connectivity index (χ1) is 8.20. The fourth-order valence-electron chi connectivity index (χ4n) is 1.09. The minimum atomic E-state index is -0.778. The van der Waals surface area contributed by atoms with E-state index in [1.54, 1.807) is 20.8 Å². The lowest BCUT2D eigenvalue weighted by atomic mass is 10.2. The number of alkyl carbamates (subject to hydrolysis) is 1. The molecule has 0 aromatic carbocycles. The standard InChI is InChI=1S/C11H25N3O4/c1-8(15)13-14-9(16)6-5-7-12-10(17)18-11(2,3)4/h8-9,13-16H,5-7H2,1-4H3,(H,12,17). The monoisotopic (exact) mass is 263 g/mol. The Labute approximate surface area is 108 Å². The Kier molecular flexibility index (Phi) is 7.85. The maximum atomic E-state index is 11.3. The van der Waals surface area contributed by atoms with Crippen LogP contribution in [0.5, 0.6) is 0 Å². The van der Waals surface area contributed by atoms with Gasteiger partial charge in [0.05, 0.1) is 0 Å². The van der Waals surface area contributed by atoms with E-state index in [9.17, 15) is 9.90 Å². The van der Waals surface area contributed by atoms with Crippen molar-refractivity contribution < 1.29 is 19.7 Å². The number of carbonyl (C=O) groups excluding carboxylic acids is 1. The number of aliphatic hydroxyl groups excluding tert-OH is 2. The molecular weight excluding hydrogens is 238 g/mol. The molecule has 0 radical (unpaired) electrons. The summed E-state index contributed by atoms with van der Waals surface area (Å²) in [4.78, 5) is 11.3. The van der Waals surface area contributed by atoms with Crippen LogP contribution in [-0.4, -0.2) is 40.9 Å². The van der Waals surface area contributed by atoms with Gasteiger partial charge in [-0.05, 0) is 40.5 Å². The van der Waals surface area contributed by atoms with E-state index in [1.165, 1.54) is 6.92 Å². The Morgan fingerprint density at radius 2 is 1.89 bits per heavy atom. The van der Waals surface area contributed by atoms with Crippen molar-refractivity contribution >= 4 is 6.09 Å². The van der Waals surface area contributed by atoms with Crippen LogP contribution in [0.1, 0.15) is 40.5 Å². The first kappa shape index (κ1) is 17.1. The highest BCUT2D eigenvalue weighted by atomic mass is 16.6. The second-order valence-corrected chi connectivity index (χ2v) is 5.05. The lowest BCUT2D eigenvalue weighted by Gasteiger charge is -2.20. The number of hydrogen-bond acceptors (Lipinski definition) is 6. The molecule has 2 unspecified atom stereocenters. The van der Waals surface area contributed by atoms with Gasteiger partial charge in [-0.3, -0.25) is 0 Å². The molecular formula is C11H25N3O4. The lowest BCUT2D eigenvalue weighted by Crippen LogP contribution is -2.45. The van der Waals surface area contributed by atoms with Gasteiger partial charge in [0.2, 0.25) is 0 Å². The normalized spacial score (nSPS) is 15.0. The molecule has 1 amide bonds. The van der Waals surface area contributed by atoms with Crippen LogP contribution in [0.2, 0.25) is 0 Å². The van der Waals surface area contributed by atoms with Gasteiger partial charge in [-0.1, -0.05) is 0 Å². The van der Waals surface area contributed by atoms with Gasteiger partial charge in [0.25, 0.3) is 0 Å². The predicted octanol–water partition coefficient (Wildman–Crippen LogP) is 0.0422. The average Bonchev–Trinajstić information content (AvgIpc) is 2.19. The number of carbonyl (C=O) groups is 1. The Morgan fingerprint density at radius 1 is 1.28 bits per heavy atom. The number of hydrazine groups is 1. The Bertz CT molecular complexity index is 241. The molecule has 0 saturated carbocycles. The average molecular weight is 263 g/mol. The third-order valence-corrected chi connectivity index (χ3v) is 1.78. The van der Waals surface area contributed by atoms with Crippen LogP contribution < -0.4 is 16.2 Å². The van der Waals surface area contributed by atoms with E-state index in [1.807, 2.05) is 0 Å². The van der Waals surface area contributed by atoms with Crippen LogP contribution in [0.4, 0.5) is 4.79 Å². The summed E-state index contributed by atoms with van der Waals surface area (Å²) >= 11 is 0. The van der Waals surface area contributed by atoms with Crippen molar-refractivity contribution in [1.82, 2.24) is 16.2 Å². The molecule has 0 bridgehead atoms. The van der Waals surface area contributed by atoms with Crippen molar-refractivity contribution in [3.63, 3.8) is 0 Å². The molecule has 0 rings (SSSR count). The number of nitrogens with one attached hydrogen (secondary N) is 3. The summed E-state index contributed by atoms with van der Waals surface area (Å²) in [7, 11) is 0. The molecule has 0 aromatic heterocycles. The van der Waals surface area contributed by atoms with Crippen LogP contribution in [0.3, 0.4) is 0 Å². The van der Waals surface area contributed by atoms with Gasteiger partial charge in [0.1, 0.15) is 18.1 Å². The number of amides is 1. The van der Waals surface area contributed by atoms with E-state index >= 15 is 0 Å². The van der Waals surface area contributed by atoms with Crippen LogP contribution in [0.25, 0.3) is 0 Å². The molecule has 18 heavy (non-hydrogen) atoms. The van der Waals surface area contributed by atoms with Crippen molar-refractivity contribution in [2.45, 2.75) is 58.6 Å². The molecule has 5 N–H and O–H groups in total. The predicted molar refractivity (Wildman–Crippen MR) is 67.4 cm³/mol. The Hall–Kier alpha value is -0.890. The Morgan fingerprint density at radius 3 is 2.39 bits per heavy atom. The highest BCUT2D eigenvalue weighted by molar-refractivity contribution is 5.67. The van der Waals surface area contributed by atoms with Crippen molar-refractivity contribution in [2.24, 2.45) is 0 Å². The topological polar surface area (TPSA) is 103 Å². The molecule has 0 aliphatic carbocycles. The number of rotatable bonds is 7. The zero-order chi connectivity index (χ0) is 14.2. The van der Waals surface area contributed by atoms with Crippen LogP contribution >= 0.6 is 0 Å². The van der Waals surface area contributed by atoms with Gasteiger partial charge < -0.3 is 20.3 Å². The summed E-state index contributed by atoms with van der Waals surface area (Å²) in [5.41, 5.74) is 4.48. The summed E-state index contributed by atoms with van der Waals surface area (Å²) in [5, 5.41) is 20.9. The molecule has 2 atom stereocenters. The molecule has 108 valence electrons. The second-order valence-electron chi connectivity index (χ2n) is 5.05. The van der Waals surface area contributed by atoms with Crippen molar-refractivity contribution in [3.05, 3.63) is 0 Å². The molecule has 0 saturated heterocycles. The smallest absolute Gasteiger partial charge is 0.407 e. The van der Waals surface area contributed by atoms with Crippen molar-refractivity contribution in [3.8, 4) is 0 Å². The first-order valence-electron chi connectivity index (χ1n) is 6.05. The number of aliphatic hydroxyl groups is 2. The fraction of sp³-hybridized carbons (Fsp3) is 0.909. The minimum Gasteiger partial charge on any atom is -0.444 e. The summed E-state index contributed by atoms with van der Waals surface area (Å²) in [6.07, 6.45) is -0.948. The quantitative estimate of drug-likeness (QED) is 0.252. The molecule has 0 heterocycles. The molecule has 0 aliphatic rings. The third-order valence-electron chi connectivity index (χ3n) is 1.78. The highest BCUT2D eigenvalue weighted by Gasteiger charge is 2.15. The molecule has 0 spiro atoms. The molecule has 0 aliphatic heterocycles. The summed E-state index contributed by atoms with van der Waals surface area (Å²) in [6, 6.07) is 0. The van der Waals surface area contributed by atoms with Crippen molar-refractivity contribution in [2.75, 3.05) is 6.54 Å².